The molecule has 0 atom stereocenters. The molecule has 36 valence electrons. The number of hydrogen-bond acceptors (Lipinski definition) is 4. The van der Waals surface area contributed by atoms with Crippen LogP contribution in [0.3, 0.4) is 0 Å². The maximum atomic E-state index is 8.69. The maximum absolute atomic E-state index is 8.69. The van der Waals surface area contributed by atoms with Crippen LogP contribution < -0.4 is 43.9 Å². The first-order valence-electron chi connectivity index (χ1n) is 0.836. The first-order valence-corrected chi connectivity index (χ1v) is 2.51. The van der Waals surface area contributed by atoms with Gasteiger partial charge in [-0.05, 0) is 0 Å². The van der Waals surface area contributed by atoms with E-state index in [0.717, 1.165) is 0 Å². The molecule has 4 nitrogen and oxygen atoms in total. The summed E-state index contributed by atoms with van der Waals surface area (Å²) in [5.41, 5.74) is 0. The largest absolute Gasteiger partial charge is 2.00 e. The van der Waals surface area contributed by atoms with E-state index in [9.17, 15) is 0 Å². The molecule has 0 bridgehead atoms. The van der Waals surface area contributed by atoms with Crippen LogP contribution in [-0.2, 0) is 13.5 Å². The second-order valence-electron chi connectivity index (χ2n) is 0.524. The summed E-state index contributed by atoms with van der Waals surface area (Å²) in [6.07, 6.45) is 0. The van der Waals surface area contributed by atoms with Crippen molar-refractivity contribution in [3.63, 3.8) is 0 Å². The van der Waals surface area contributed by atoms with Gasteiger partial charge in [0.15, 0.2) is 0 Å². The Morgan fingerprint density at radius 1 is 1.14 bits per heavy atom. The molecule has 0 saturated heterocycles. The summed E-state index contributed by atoms with van der Waals surface area (Å²) in [5, 5.41) is 0. The van der Waals surface area contributed by atoms with E-state index in [0.29, 0.717) is 0 Å². The Balaban J connectivity index is -0.0000000800. The van der Waals surface area contributed by atoms with Gasteiger partial charge < -0.3 is 19.2 Å². The van der Waals surface area contributed by atoms with E-state index in [-0.39, 0.29) is 43.1 Å². The molecule has 0 aromatic rings. The third kappa shape index (κ3) is 109. The molecular formula is HNaO4SSi. The Hall–Kier alpha value is 1.41. The molecule has 0 heterocycles. The van der Waals surface area contributed by atoms with Crippen LogP contribution in [0.2, 0.25) is 0 Å². The number of hydrogen-bond donors (Lipinski definition) is 1. The molecule has 0 aromatic carbocycles. The molecule has 0 rings (SSSR count). The summed E-state index contributed by atoms with van der Waals surface area (Å²) in [6.45, 7) is 0. The van der Waals surface area contributed by atoms with Crippen molar-refractivity contribution >= 4 is 22.5 Å². The third-order valence-electron chi connectivity index (χ3n) is 0. The Kier molecular flexibility index (Phi) is 12.5. The minimum Gasteiger partial charge on any atom is -0.861 e. The Labute approximate surface area is 71.0 Å². The van der Waals surface area contributed by atoms with Gasteiger partial charge in [0.2, 0.25) is 0 Å². The van der Waals surface area contributed by atoms with Crippen molar-refractivity contribution in [2.24, 2.45) is 0 Å². The van der Waals surface area contributed by atoms with Gasteiger partial charge in [-0.25, -0.2) is 0 Å². The summed E-state index contributed by atoms with van der Waals surface area (Å²) >= 11 is 0. The van der Waals surface area contributed by atoms with Gasteiger partial charge in [0, 0.05) is 0 Å². The summed E-state index contributed by atoms with van der Waals surface area (Å²) in [5.74, 6) is 0. The maximum Gasteiger partial charge on any atom is 2.00 e. The molecule has 0 aliphatic carbocycles. The van der Waals surface area contributed by atoms with Crippen LogP contribution >= 0.6 is 0 Å². The summed E-state index contributed by atoms with van der Waals surface area (Å²) < 4.78 is 0. The van der Waals surface area contributed by atoms with Crippen molar-refractivity contribution in [2.75, 3.05) is 0 Å². The van der Waals surface area contributed by atoms with E-state index in [1.54, 1.807) is 0 Å². The monoisotopic (exact) mass is 148 g/mol. The molecule has 0 aliphatic rings. The molecule has 0 unspecified atom stereocenters. The standard InChI is InChI=1S/Na.HO4Si.S/c;1-5(2,3)4;/h;1H;/q+1;-3;+2. The van der Waals surface area contributed by atoms with Crippen molar-refractivity contribution < 1.29 is 48.7 Å². The SMILES string of the molecule is [Na+].[O-][Si]([O-])([O-])O.[S+2]. The van der Waals surface area contributed by atoms with Crippen LogP contribution in [0.15, 0.2) is 0 Å². The minimum absolute atomic E-state index is 0. The first-order chi connectivity index (χ1) is 2.00. The summed E-state index contributed by atoms with van der Waals surface area (Å²) in [4.78, 5) is 33.1. The fourth-order valence-corrected chi connectivity index (χ4v) is 0. The van der Waals surface area contributed by atoms with E-state index in [1.807, 2.05) is 0 Å². The zero-order valence-electron chi connectivity index (χ0n) is 3.58. The van der Waals surface area contributed by atoms with Crippen LogP contribution in [0.4, 0.5) is 0 Å². The molecule has 0 saturated carbocycles. The molecule has 0 spiro atoms. The molecule has 0 amide bonds. The van der Waals surface area contributed by atoms with Gasteiger partial charge in [-0.2, -0.15) is 0 Å². The molecular weight excluding hydrogens is 147 g/mol. The van der Waals surface area contributed by atoms with E-state index < -0.39 is 9.05 Å². The zero-order valence-corrected chi connectivity index (χ0v) is 7.40. The quantitative estimate of drug-likeness (QED) is 0.345. The zero-order chi connectivity index (χ0) is 4.50. The van der Waals surface area contributed by atoms with Crippen molar-refractivity contribution in [1.29, 1.82) is 0 Å². The molecule has 0 aliphatic heterocycles. The van der Waals surface area contributed by atoms with Gasteiger partial charge in [-0.1, -0.05) is 0 Å². The Morgan fingerprint density at radius 3 is 1.14 bits per heavy atom. The molecule has 7 heteroatoms. The number of rotatable bonds is 0. The summed E-state index contributed by atoms with van der Waals surface area (Å²) in [7, 11) is -5.36. The van der Waals surface area contributed by atoms with Crippen LogP contribution in [0.25, 0.3) is 0 Å². The fourth-order valence-electron chi connectivity index (χ4n) is 0. The average molecular weight is 148 g/mol. The molecule has 4 radical (unpaired) electrons. The predicted octanol–water partition coefficient (Wildman–Crippen LogP) is -7.50. The van der Waals surface area contributed by atoms with Crippen LogP contribution in [0, 0.1) is 0 Å². The van der Waals surface area contributed by atoms with Gasteiger partial charge in [0.1, 0.15) is 0 Å². The molecule has 0 aromatic heterocycles. The van der Waals surface area contributed by atoms with Crippen LogP contribution in [0.5, 0.6) is 0 Å². The van der Waals surface area contributed by atoms with Crippen molar-refractivity contribution in [1.82, 2.24) is 0 Å². The third-order valence-corrected chi connectivity index (χ3v) is 0. The van der Waals surface area contributed by atoms with Crippen LogP contribution in [0.1, 0.15) is 0 Å². The molecule has 0 fully saturated rings. The van der Waals surface area contributed by atoms with E-state index >= 15 is 0 Å². The first kappa shape index (κ1) is 15.8. The summed E-state index contributed by atoms with van der Waals surface area (Å²) in [6, 6.07) is 0. The molecule has 7 heavy (non-hydrogen) atoms. The smallest absolute Gasteiger partial charge is 0.861 e. The molecule has 1 N–H and O–H groups in total. The van der Waals surface area contributed by atoms with Crippen LogP contribution in [-0.4, -0.2) is 13.8 Å². The van der Waals surface area contributed by atoms with E-state index in [1.165, 1.54) is 0 Å². The van der Waals surface area contributed by atoms with Gasteiger partial charge in [-0.3, -0.25) is 0 Å². The van der Waals surface area contributed by atoms with Gasteiger partial charge in [0.25, 0.3) is 0 Å². The van der Waals surface area contributed by atoms with Crippen molar-refractivity contribution in [3.05, 3.63) is 0 Å². The second-order valence-corrected chi connectivity index (χ2v) is 1.57. The van der Waals surface area contributed by atoms with Gasteiger partial charge in [0.05, 0.1) is 0 Å². The van der Waals surface area contributed by atoms with E-state index in [2.05, 4.69) is 0 Å². The average Bonchev–Trinajstić information content (AvgIpc) is 0.722. The van der Waals surface area contributed by atoms with Gasteiger partial charge in [-0.15, -0.1) is 9.05 Å². The van der Waals surface area contributed by atoms with Crippen molar-refractivity contribution in [3.8, 4) is 0 Å². The topological polar surface area (TPSA) is 89.4 Å². The minimum atomic E-state index is -5.36. The van der Waals surface area contributed by atoms with Gasteiger partial charge >= 0.3 is 43.1 Å². The second kappa shape index (κ2) is 5.54. The Bertz CT molecular complexity index is 27.2. The fraction of sp³-hybridized carbons (Fsp3) is 0. The van der Waals surface area contributed by atoms with Crippen molar-refractivity contribution in [2.45, 2.75) is 0 Å². The van der Waals surface area contributed by atoms with E-state index in [4.69, 9.17) is 19.2 Å². The Morgan fingerprint density at radius 2 is 1.14 bits per heavy atom. The normalized spacial score (nSPS) is 8.57. The predicted molar refractivity (Wildman–Crippen MR) is 15.3 cm³/mol.